The number of halogens is 1. The molecule has 0 spiro atoms. The molecule has 10 heteroatoms. The highest BCUT2D eigenvalue weighted by Crippen LogP contribution is 2.34. The SMILES string of the molecule is Cc1sc2nc([C@H](C)Sc3nnc(-c4cccc(F)c4)n3N)[nH]c(=O)c2c1C. The Hall–Kier alpha value is -2.72. The van der Waals surface area contributed by atoms with Gasteiger partial charge in [-0.2, -0.15) is 0 Å². The maximum Gasteiger partial charge on any atom is 0.259 e. The predicted molar refractivity (Wildman–Crippen MR) is 110 cm³/mol. The number of nitrogens with two attached hydrogens (primary N) is 1. The lowest BCUT2D eigenvalue weighted by atomic mass is 10.2. The molecule has 0 aliphatic carbocycles. The number of rotatable bonds is 4. The average molecular weight is 417 g/mol. The molecule has 0 saturated carbocycles. The van der Waals surface area contributed by atoms with Crippen LogP contribution in [0.1, 0.15) is 28.4 Å². The average Bonchev–Trinajstić information content (AvgIpc) is 3.15. The van der Waals surface area contributed by atoms with Gasteiger partial charge in [0, 0.05) is 10.4 Å². The molecule has 0 bridgehead atoms. The predicted octanol–water partition coefficient (Wildman–Crippen LogP) is 3.57. The van der Waals surface area contributed by atoms with Crippen LogP contribution in [0.15, 0.2) is 34.2 Å². The molecule has 0 aliphatic heterocycles. The minimum absolute atomic E-state index is 0.149. The quantitative estimate of drug-likeness (QED) is 0.389. The number of H-pyrrole nitrogens is 1. The van der Waals surface area contributed by atoms with Crippen molar-refractivity contribution in [2.75, 3.05) is 5.84 Å². The maximum atomic E-state index is 13.5. The maximum absolute atomic E-state index is 13.5. The molecule has 0 unspecified atom stereocenters. The summed E-state index contributed by atoms with van der Waals surface area (Å²) in [5.74, 6) is 6.64. The standard InChI is InChI=1S/C18H17FN6OS2/c1-8-9(2)27-17-13(8)16(26)21-14(22-17)10(3)28-18-24-23-15(25(18)20)11-5-4-6-12(19)7-11/h4-7,10H,20H2,1-3H3,(H,21,22,26)/t10-/m0/s1. The van der Waals surface area contributed by atoms with Gasteiger partial charge in [0.1, 0.15) is 16.5 Å². The first-order chi connectivity index (χ1) is 13.3. The first-order valence-electron chi connectivity index (χ1n) is 8.48. The van der Waals surface area contributed by atoms with Crippen LogP contribution in [0.2, 0.25) is 0 Å². The highest BCUT2D eigenvalue weighted by Gasteiger charge is 2.20. The summed E-state index contributed by atoms with van der Waals surface area (Å²) in [6.07, 6.45) is 0. The summed E-state index contributed by atoms with van der Waals surface area (Å²) in [6, 6.07) is 6.00. The summed E-state index contributed by atoms with van der Waals surface area (Å²) in [6.45, 7) is 5.80. The van der Waals surface area contributed by atoms with Crippen molar-refractivity contribution in [1.29, 1.82) is 0 Å². The highest BCUT2D eigenvalue weighted by molar-refractivity contribution is 7.99. The lowest BCUT2D eigenvalue weighted by Gasteiger charge is -2.10. The van der Waals surface area contributed by atoms with Crippen molar-refractivity contribution in [1.82, 2.24) is 24.8 Å². The van der Waals surface area contributed by atoms with Gasteiger partial charge in [-0.1, -0.05) is 23.9 Å². The van der Waals surface area contributed by atoms with Crippen LogP contribution in [0.4, 0.5) is 4.39 Å². The number of benzene rings is 1. The lowest BCUT2D eigenvalue weighted by molar-refractivity contribution is 0.628. The fourth-order valence-corrected chi connectivity index (χ4v) is 4.72. The molecule has 1 aromatic carbocycles. The van der Waals surface area contributed by atoms with E-state index in [-0.39, 0.29) is 16.6 Å². The molecule has 3 N–H and O–H groups in total. The van der Waals surface area contributed by atoms with E-state index >= 15 is 0 Å². The van der Waals surface area contributed by atoms with Crippen molar-refractivity contribution >= 4 is 33.3 Å². The van der Waals surface area contributed by atoms with Gasteiger partial charge in [0.15, 0.2) is 5.82 Å². The molecule has 3 heterocycles. The Kier molecular flexibility index (Phi) is 4.68. The Labute approximate surface area is 167 Å². The molecule has 7 nitrogen and oxygen atoms in total. The van der Waals surface area contributed by atoms with Crippen molar-refractivity contribution < 1.29 is 4.39 Å². The van der Waals surface area contributed by atoms with Gasteiger partial charge in [-0.05, 0) is 38.5 Å². The number of aromatic nitrogens is 5. The molecular formula is C18H17FN6OS2. The van der Waals surface area contributed by atoms with E-state index in [1.807, 2.05) is 20.8 Å². The van der Waals surface area contributed by atoms with Crippen molar-refractivity contribution in [3.63, 3.8) is 0 Å². The first kappa shape index (κ1) is 18.6. The van der Waals surface area contributed by atoms with Crippen LogP contribution in [-0.2, 0) is 0 Å². The molecule has 0 radical (unpaired) electrons. The molecule has 28 heavy (non-hydrogen) atoms. The van der Waals surface area contributed by atoms with Crippen LogP contribution < -0.4 is 11.4 Å². The summed E-state index contributed by atoms with van der Waals surface area (Å²) < 4.78 is 14.8. The zero-order chi connectivity index (χ0) is 20.0. The number of aryl methyl sites for hydroxylation is 2. The zero-order valence-corrected chi connectivity index (χ0v) is 17.0. The van der Waals surface area contributed by atoms with E-state index in [0.29, 0.717) is 27.8 Å². The van der Waals surface area contributed by atoms with Crippen LogP contribution >= 0.6 is 23.1 Å². The van der Waals surface area contributed by atoms with Gasteiger partial charge < -0.3 is 10.8 Å². The van der Waals surface area contributed by atoms with Crippen LogP contribution in [0.3, 0.4) is 0 Å². The molecule has 3 aromatic heterocycles. The van der Waals surface area contributed by atoms with Crippen LogP contribution in [0.5, 0.6) is 0 Å². The normalized spacial score (nSPS) is 12.6. The third-order valence-electron chi connectivity index (χ3n) is 4.47. The zero-order valence-electron chi connectivity index (χ0n) is 15.4. The summed E-state index contributed by atoms with van der Waals surface area (Å²) in [5, 5.41) is 9.03. The summed E-state index contributed by atoms with van der Waals surface area (Å²) in [5.41, 5.74) is 1.35. The number of hydrogen-bond donors (Lipinski definition) is 2. The third-order valence-corrected chi connectivity index (χ3v) is 6.64. The van der Waals surface area contributed by atoms with Crippen LogP contribution in [0.25, 0.3) is 21.6 Å². The third kappa shape index (κ3) is 3.18. The largest absolute Gasteiger partial charge is 0.335 e. The second-order valence-electron chi connectivity index (χ2n) is 6.36. The van der Waals surface area contributed by atoms with Gasteiger partial charge in [-0.25, -0.2) is 14.1 Å². The van der Waals surface area contributed by atoms with E-state index in [1.54, 1.807) is 12.1 Å². The van der Waals surface area contributed by atoms with E-state index in [2.05, 4.69) is 20.2 Å². The topological polar surface area (TPSA) is 102 Å². The number of nitrogen functional groups attached to an aromatic ring is 1. The summed E-state index contributed by atoms with van der Waals surface area (Å²) >= 11 is 2.82. The smallest absolute Gasteiger partial charge is 0.259 e. The molecule has 144 valence electrons. The van der Waals surface area contributed by atoms with Gasteiger partial charge >= 0.3 is 0 Å². The fourth-order valence-electron chi connectivity index (χ4n) is 2.86. The van der Waals surface area contributed by atoms with E-state index in [4.69, 9.17) is 5.84 Å². The fraction of sp³-hybridized carbons (Fsp3) is 0.222. The molecule has 4 aromatic rings. The van der Waals surface area contributed by atoms with Crippen LogP contribution in [0, 0.1) is 19.7 Å². The number of fused-ring (bicyclic) bond motifs is 1. The van der Waals surface area contributed by atoms with Gasteiger partial charge in [-0.15, -0.1) is 21.5 Å². The molecular weight excluding hydrogens is 399 g/mol. The van der Waals surface area contributed by atoms with E-state index in [9.17, 15) is 9.18 Å². The van der Waals surface area contributed by atoms with Crippen molar-refractivity contribution in [3.05, 3.63) is 56.7 Å². The second kappa shape index (κ2) is 7.02. The van der Waals surface area contributed by atoms with Gasteiger partial charge in [0.05, 0.1) is 10.6 Å². The summed E-state index contributed by atoms with van der Waals surface area (Å²) in [4.78, 5) is 21.8. The Morgan fingerprint density at radius 1 is 1.32 bits per heavy atom. The van der Waals surface area contributed by atoms with Gasteiger partial charge in [-0.3, -0.25) is 4.79 Å². The Balaban J connectivity index is 1.65. The lowest BCUT2D eigenvalue weighted by Crippen LogP contribution is -2.14. The second-order valence-corrected chi connectivity index (χ2v) is 8.87. The minimum Gasteiger partial charge on any atom is -0.335 e. The van der Waals surface area contributed by atoms with Gasteiger partial charge in [0.25, 0.3) is 5.56 Å². The van der Waals surface area contributed by atoms with Crippen molar-refractivity contribution in [2.45, 2.75) is 31.2 Å². The molecule has 0 aliphatic rings. The van der Waals surface area contributed by atoms with E-state index in [0.717, 1.165) is 15.3 Å². The monoisotopic (exact) mass is 416 g/mol. The number of hydrogen-bond acceptors (Lipinski definition) is 7. The molecule has 1 atom stereocenters. The van der Waals surface area contributed by atoms with Crippen molar-refractivity contribution in [2.24, 2.45) is 0 Å². The first-order valence-corrected chi connectivity index (χ1v) is 10.2. The number of nitrogens with zero attached hydrogens (tertiary/aromatic N) is 4. The molecule has 0 saturated heterocycles. The highest BCUT2D eigenvalue weighted by atomic mass is 32.2. The molecule has 4 rings (SSSR count). The Morgan fingerprint density at radius 2 is 2.11 bits per heavy atom. The van der Waals surface area contributed by atoms with Crippen LogP contribution in [-0.4, -0.2) is 24.8 Å². The summed E-state index contributed by atoms with van der Waals surface area (Å²) in [7, 11) is 0. The Bertz CT molecular complexity index is 1240. The molecule has 0 amide bonds. The minimum atomic E-state index is -0.375. The molecule has 0 fully saturated rings. The van der Waals surface area contributed by atoms with Crippen molar-refractivity contribution in [3.8, 4) is 11.4 Å². The van der Waals surface area contributed by atoms with E-state index < -0.39 is 0 Å². The number of thiophene rings is 1. The number of thioether (sulfide) groups is 1. The number of nitrogens with one attached hydrogen (secondary N) is 1. The van der Waals surface area contributed by atoms with Gasteiger partial charge in [0.2, 0.25) is 5.16 Å². The number of aromatic amines is 1. The Morgan fingerprint density at radius 3 is 2.86 bits per heavy atom. The van der Waals surface area contributed by atoms with E-state index in [1.165, 1.54) is 39.9 Å².